The number of likely N-dealkylation sites (tertiary alicyclic amines) is 1. The maximum Gasteiger partial charge on any atom is 0.255 e. The number of carbonyl (C=O) groups excluding carboxylic acids is 1. The first kappa shape index (κ1) is 15.1. The van der Waals surface area contributed by atoms with Gasteiger partial charge in [0.1, 0.15) is 0 Å². The van der Waals surface area contributed by atoms with Crippen LogP contribution in [0, 0.1) is 5.92 Å². The normalized spacial score (nSPS) is 23.5. The highest BCUT2D eigenvalue weighted by Gasteiger charge is 2.30. The molecular formula is C16H20Cl2N2O. The van der Waals surface area contributed by atoms with E-state index in [9.17, 15) is 4.79 Å². The lowest BCUT2D eigenvalue weighted by atomic mass is 9.88. The van der Waals surface area contributed by atoms with E-state index in [1.165, 1.54) is 12.8 Å². The van der Waals surface area contributed by atoms with Gasteiger partial charge in [-0.2, -0.15) is 0 Å². The summed E-state index contributed by atoms with van der Waals surface area (Å²) in [6.07, 6.45) is 4.70. The Bertz CT molecular complexity index is 521. The fourth-order valence-corrected chi connectivity index (χ4v) is 3.84. The van der Waals surface area contributed by atoms with Crippen LogP contribution in [0.15, 0.2) is 18.2 Å². The molecule has 1 atom stereocenters. The second kappa shape index (κ2) is 6.55. The van der Waals surface area contributed by atoms with Crippen LogP contribution in [-0.4, -0.2) is 36.5 Å². The van der Waals surface area contributed by atoms with E-state index in [2.05, 4.69) is 5.32 Å². The molecule has 1 amide bonds. The van der Waals surface area contributed by atoms with Gasteiger partial charge in [-0.25, -0.2) is 0 Å². The van der Waals surface area contributed by atoms with E-state index >= 15 is 0 Å². The second-order valence-corrected chi connectivity index (χ2v) is 6.72. The van der Waals surface area contributed by atoms with Crippen LogP contribution in [-0.2, 0) is 0 Å². The molecule has 114 valence electrons. The van der Waals surface area contributed by atoms with Crippen LogP contribution in [0.2, 0.25) is 10.0 Å². The van der Waals surface area contributed by atoms with Gasteiger partial charge >= 0.3 is 0 Å². The minimum atomic E-state index is 0.000307. The minimum absolute atomic E-state index is 0.000307. The van der Waals surface area contributed by atoms with Crippen molar-refractivity contribution < 1.29 is 4.79 Å². The van der Waals surface area contributed by atoms with Crippen molar-refractivity contribution in [2.24, 2.45) is 5.92 Å². The summed E-state index contributed by atoms with van der Waals surface area (Å²) in [4.78, 5) is 14.5. The summed E-state index contributed by atoms with van der Waals surface area (Å²) < 4.78 is 0. The average molecular weight is 327 g/mol. The molecule has 21 heavy (non-hydrogen) atoms. The van der Waals surface area contributed by atoms with Crippen molar-refractivity contribution in [3.8, 4) is 0 Å². The van der Waals surface area contributed by atoms with Gasteiger partial charge in [0.2, 0.25) is 0 Å². The third kappa shape index (κ3) is 3.20. The minimum Gasteiger partial charge on any atom is -0.339 e. The Morgan fingerprint density at radius 2 is 1.95 bits per heavy atom. The van der Waals surface area contributed by atoms with E-state index in [0.29, 0.717) is 27.6 Å². The molecule has 0 radical (unpaired) electrons. The van der Waals surface area contributed by atoms with Gasteiger partial charge in [-0.1, -0.05) is 29.3 Å². The van der Waals surface area contributed by atoms with Gasteiger partial charge in [-0.3, -0.25) is 4.79 Å². The van der Waals surface area contributed by atoms with Crippen LogP contribution in [0.3, 0.4) is 0 Å². The molecule has 2 aliphatic heterocycles. The van der Waals surface area contributed by atoms with Crippen LogP contribution in [0.4, 0.5) is 0 Å². The highest BCUT2D eigenvalue weighted by Crippen LogP contribution is 2.29. The van der Waals surface area contributed by atoms with E-state index < -0.39 is 0 Å². The lowest BCUT2D eigenvalue weighted by Crippen LogP contribution is -2.43. The molecule has 3 rings (SSSR count). The zero-order chi connectivity index (χ0) is 14.8. The topological polar surface area (TPSA) is 32.3 Å². The Kier molecular flexibility index (Phi) is 4.72. The molecule has 3 nitrogen and oxygen atoms in total. The van der Waals surface area contributed by atoms with Crippen LogP contribution in [0.5, 0.6) is 0 Å². The first-order chi connectivity index (χ1) is 10.2. The molecule has 2 fully saturated rings. The summed E-state index contributed by atoms with van der Waals surface area (Å²) in [5.41, 5.74) is 0.515. The lowest BCUT2D eigenvalue weighted by Gasteiger charge is -2.35. The fourth-order valence-electron chi connectivity index (χ4n) is 3.46. The maximum atomic E-state index is 12.6. The van der Waals surface area contributed by atoms with Gasteiger partial charge < -0.3 is 10.2 Å². The van der Waals surface area contributed by atoms with Gasteiger partial charge in [-0.05, 0) is 50.3 Å². The molecule has 1 unspecified atom stereocenters. The van der Waals surface area contributed by atoms with E-state index in [-0.39, 0.29) is 5.91 Å². The maximum absolute atomic E-state index is 12.6. The number of nitrogens with zero attached hydrogens (tertiary/aromatic N) is 1. The molecule has 0 aromatic heterocycles. The Labute approximate surface area is 135 Å². The zero-order valence-corrected chi connectivity index (χ0v) is 13.5. The standard InChI is InChI=1S/C16H20Cl2N2O/c17-13-4-1-3-12(15(13)18)16(21)20-9-6-11(7-10-20)14-5-2-8-19-14/h1,3-4,11,14,19H,2,5-10H2. The molecule has 1 N–H and O–H groups in total. The number of hydrogen-bond donors (Lipinski definition) is 1. The van der Waals surface area contributed by atoms with Crippen LogP contribution < -0.4 is 5.32 Å². The van der Waals surface area contributed by atoms with Gasteiger partial charge in [0.25, 0.3) is 5.91 Å². The van der Waals surface area contributed by atoms with Crippen LogP contribution >= 0.6 is 23.2 Å². The lowest BCUT2D eigenvalue weighted by molar-refractivity contribution is 0.0674. The van der Waals surface area contributed by atoms with E-state index in [0.717, 1.165) is 32.5 Å². The molecule has 0 spiro atoms. The number of halogens is 2. The Balaban J connectivity index is 1.63. The van der Waals surface area contributed by atoms with Gasteiger partial charge in [0.05, 0.1) is 15.6 Å². The SMILES string of the molecule is O=C(c1cccc(Cl)c1Cl)N1CCC(C2CCCN2)CC1. The number of rotatable bonds is 2. The summed E-state index contributed by atoms with van der Waals surface area (Å²) in [6.45, 7) is 2.76. The first-order valence-corrected chi connectivity index (χ1v) is 8.39. The molecular weight excluding hydrogens is 307 g/mol. The number of piperidine rings is 1. The van der Waals surface area contributed by atoms with Crippen molar-refractivity contribution in [2.75, 3.05) is 19.6 Å². The first-order valence-electron chi connectivity index (χ1n) is 7.63. The second-order valence-electron chi connectivity index (χ2n) is 5.93. The van der Waals surface area contributed by atoms with Crippen LogP contribution in [0.25, 0.3) is 0 Å². The monoisotopic (exact) mass is 326 g/mol. The number of hydrogen-bond acceptors (Lipinski definition) is 2. The van der Waals surface area contributed by atoms with Crippen molar-refractivity contribution >= 4 is 29.1 Å². The number of nitrogens with one attached hydrogen (secondary N) is 1. The Morgan fingerprint density at radius 3 is 2.62 bits per heavy atom. The molecule has 1 aromatic carbocycles. The van der Waals surface area contributed by atoms with E-state index in [1.54, 1.807) is 18.2 Å². The van der Waals surface area contributed by atoms with Gasteiger partial charge in [-0.15, -0.1) is 0 Å². The Morgan fingerprint density at radius 1 is 1.19 bits per heavy atom. The van der Waals surface area contributed by atoms with Crippen LogP contribution in [0.1, 0.15) is 36.0 Å². The average Bonchev–Trinajstić information content (AvgIpc) is 3.04. The van der Waals surface area contributed by atoms with Gasteiger partial charge in [0, 0.05) is 19.1 Å². The Hall–Kier alpha value is -0.770. The molecule has 2 aliphatic rings. The third-order valence-electron chi connectivity index (χ3n) is 4.68. The fraction of sp³-hybridized carbons (Fsp3) is 0.562. The highest BCUT2D eigenvalue weighted by atomic mass is 35.5. The zero-order valence-electron chi connectivity index (χ0n) is 11.9. The molecule has 0 bridgehead atoms. The largest absolute Gasteiger partial charge is 0.339 e. The summed E-state index contributed by atoms with van der Waals surface area (Å²) in [5, 5.41) is 4.38. The number of amides is 1. The molecule has 2 saturated heterocycles. The predicted molar refractivity (Wildman–Crippen MR) is 86.1 cm³/mol. The molecule has 0 saturated carbocycles. The van der Waals surface area contributed by atoms with Crippen molar-refractivity contribution in [1.82, 2.24) is 10.2 Å². The predicted octanol–water partition coefficient (Wildman–Crippen LogP) is 3.60. The summed E-state index contributed by atoms with van der Waals surface area (Å²) in [7, 11) is 0. The molecule has 2 heterocycles. The summed E-state index contributed by atoms with van der Waals surface area (Å²) in [5.74, 6) is 0.701. The summed E-state index contributed by atoms with van der Waals surface area (Å²) >= 11 is 12.1. The smallest absolute Gasteiger partial charge is 0.255 e. The molecule has 0 aliphatic carbocycles. The van der Waals surface area contributed by atoms with E-state index in [4.69, 9.17) is 23.2 Å². The molecule has 1 aromatic rings. The van der Waals surface area contributed by atoms with Gasteiger partial charge in [0.15, 0.2) is 0 Å². The molecule has 5 heteroatoms. The summed E-state index contributed by atoms with van der Waals surface area (Å²) in [6, 6.07) is 5.88. The van der Waals surface area contributed by atoms with Crippen molar-refractivity contribution in [3.05, 3.63) is 33.8 Å². The quantitative estimate of drug-likeness (QED) is 0.900. The van der Waals surface area contributed by atoms with Crippen molar-refractivity contribution in [2.45, 2.75) is 31.7 Å². The van der Waals surface area contributed by atoms with Crippen molar-refractivity contribution in [3.63, 3.8) is 0 Å². The highest BCUT2D eigenvalue weighted by molar-refractivity contribution is 6.43. The van der Waals surface area contributed by atoms with E-state index in [1.807, 2.05) is 4.90 Å². The third-order valence-corrected chi connectivity index (χ3v) is 5.50. The number of benzene rings is 1. The number of carbonyl (C=O) groups is 1. The van der Waals surface area contributed by atoms with Crippen molar-refractivity contribution in [1.29, 1.82) is 0 Å².